The predicted octanol–water partition coefficient (Wildman–Crippen LogP) is 14.2. The van der Waals surface area contributed by atoms with Crippen LogP contribution >= 0.6 is 19.5 Å². The van der Waals surface area contributed by atoms with Gasteiger partial charge in [-0.15, -0.1) is 0 Å². The summed E-state index contributed by atoms with van der Waals surface area (Å²) in [6.45, 7) is 26.7. The van der Waals surface area contributed by atoms with Gasteiger partial charge in [0, 0.05) is 0 Å². The van der Waals surface area contributed by atoms with Crippen LogP contribution < -0.4 is 22.6 Å². The molecule has 1 aliphatic rings. The van der Waals surface area contributed by atoms with Crippen molar-refractivity contribution in [3.8, 4) is 28.7 Å². The molecule has 0 spiro atoms. The summed E-state index contributed by atoms with van der Waals surface area (Å²) in [5, 5.41) is 0. The first kappa shape index (κ1) is 38.6. The molecule has 5 aromatic rings. The molecular formula is C46H55O5PS. The summed E-state index contributed by atoms with van der Waals surface area (Å²) in [5.41, 5.74) is 3.36. The zero-order chi connectivity index (χ0) is 38.5. The van der Waals surface area contributed by atoms with Crippen molar-refractivity contribution in [2.75, 3.05) is 0 Å². The van der Waals surface area contributed by atoms with Crippen molar-refractivity contribution in [2.24, 2.45) is 0 Å². The van der Waals surface area contributed by atoms with Gasteiger partial charge in [-0.2, -0.15) is 0 Å². The molecule has 0 radical (unpaired) electrons. The zero-order valence-corrected chi connectivity index (χ0v) is 35.1. The topological polar surface area (TPSA) is 46.2 Å². The average Bonchev–Trinajstić information content (AvgIpc) is 3.05. The second kappa shape index (κ2) is 13.6. The Balaban J connectivity index is 1.84. The van der Waals surface area contributed by atoms with Gasteiger partial charge in [-0.05, 0) is 0 Å². The number of rotatable bonds is 6. The van der Waals surface area contributed by atoms with Crippen molar-refractivity contribution >= 4 is 19.5 Å². The first-order valence-electron chi connectivity index (χ1n) is 18.4. The van der Waals surface area contributed by atoms with E-state index in [0.29, 0.717) is 28.7 Å². The first-order chi connectivity index (χ1) is 24.6. The molecule has 0 unspecified atom stereocenters. The van der Waals surface area contributed by atoms with Crippen LogP contribution in [-0.2, 0) is 21.7 Å². The van der Waals surface area contributed by atoms with E-state index in [-0.39, 0.29) is 21.7 Å². The van der Waals surface area contributed by atoms with E-state index in [1.54, 1.807) is 11.8 Å². The molecular weight excluding hydrogens is 696 g/mol. The first-order valence-corrected chi connectivity index (χ1v) is 21.0. The maximum absolute atomic E-state index is 7.59. The fourth-order valence-corrected chi connectivity index (χ4v) is 10.1. The standard InChI is InChI=1S/C46H55O5PS/c1-43(2,3)32-28-37(45(7,8)9)41-39(30-32)53-40-31-33(44(4,5)6)29-38(46(10,11)12)42(40)51-52(50-41,47-34-22-16-13-17-23-34,48-35-24-18-14-19-25-35)49-36-26-20-15-21-27-36/h13-31H,1-12H3. The normalized spacial score (nSPS) is 16.2. The van der Waals surface area contributed by atoms with Gasteiger partial charge in [0.05, 0.1) is 0 Å². The SMILES string of the molecule is CC(C)(C)c1cc2c(c(C(C)(C)C)c1)OP(Oc1ccccc1)(Oc1ccccc1)(Oc1ccccc1)Oc1c(cc(C(C)(C)C)cc1C(C)(C)C)S2. The van der Waals surface area contributed by atoms with Gasteiger partial charge in [0.2, 0.25) is 0 Å². The van der Waals surface area contributed by atoms with E-state index in [1.165, 1.54) is 11.1 Å². The second-order valence-electron chi connectivity index (χ2n) is 17.9. The van der Waals surface area contributed by atoms with E-state index in [0.717, 1.165) is 20.9 Å². The predicted molar refractivity (Wildman–Crippen MR) is 221 cm³/mol. The molecule has 7 heteroatoms. The third-order valence-corrected chi connectivity index (χ3v) is 12.7. The van der Waals surface area contributed by atoms with Gasteiger partial charge in [0.1, 0.15) is 0 Å². The Bertz CT molecular complexity index is 1880. The van der Waals surface area contributed by atoms with Crippen molar-refractivity contribution < 1.29 is 22.6 Å². The van der Waals surface area contributed by atoms with E-state index in [4.69, 9.17) is 22.6 Å². The molecule has 6 rings (SSSR count). The number of fused-ring (bicyclic) bond motifs is 2. The molecule has 0 N–H and O–H groups in total. The fourth-order valence-electron chi connectivity index (χ4n) is 6.09. The van der Waals surface area contributed by atoms with Crippen molar-refractivity contribution in [3.63, 3.8) is 0 Å². The van der Waals surface area contributed by atoms with Crippen LogP contribution in [0.4, 0.5) is 0 Å². The Kier molecular flexibility index (Phi) is 9.92. The van der Waals surface area contributed by atoms with Crippen LogP contribution in [0.2, 0.25) is 0 Å². The average molecular weight is 751 g/mol. The minimum absolute atomic E-state index is 0.145. The van der Waals surface area contributed by atoms with Gasteiger partial charge in [-0.3, -0.25) is 0 Å². The van der Waals surface area contributed by atoms with Crippen molar-refractivity contribution in [3.05, 3.63) is 138 Å². The Hall–Kier alpha value is -4.12. The minimum atomic E-state index is -5.44. The van der Waals surface area contributed by atoms with Crippen LogP contribution in [0.5, 0.6) is 28.7 Å². The molecule has 0 aromatic heterocycles. The molecule has 280 valence electrons. The molecule has 0 atom stereocenters. The van der Waals surface area contributed by atoms with Crippen LogP contribution in [0, 0.1) is 0 Å². The van der Waals surface area contributed by atoms with Gasteiger partial charge < -0.3 is 0 Å². The third-order valence-electron chi connectivity index (χ3n) is 9.15. The fraction of sp³-hybridized carbons (Fsp3) is 0.348. The van der Waals surface area contributed by atoms with Crippen LogP contribution in [0.25, 0.3) is 0 Å². The van der Waals surface area contributed by atoms with E-state index >= 15 is 0 Å². The summed E-state index contributed by atoms with van der Waals surface area (Å²) >= 11 is 1.66. The van der Waals surface area contributed by atoms with Crippen molar-refractivity contribution in [1.29, 1.82) is 0 Å². The van der Waals surface area contributed by atoms with Gasteiger partial charge in [0.25, 0.3) is 0 Å². The van der Waals surface area contributed by atoms with Crippen LogP contribution in [0.3, 0.4) is 0 Å². The van der Waals surface area contributed by atoms with Crippen LogP contribution in [-0.4, -0.2) is 0 Å². The molecule has 53 heavy (non-hydrogen) atoms. The molecule has 1 aliphatic heterocycles. The Morgan fingerprint density at radius 3 is 0.981 bits per heavy atom. The number of hydrogen-bond acceptors (Lipinski definition) is 6. The van der Waals surface area contributed by atoms with E-state index in [1.807, 2.05) is 91.0 Å². The quantitative estimate of drug-likeness (QED) is 0.161. The Labute approximate surface area is 321 Å². The van der Waals surface area contributed by atoms with Crippen LogP contribution in [0.1, 0.15) is 105 Å². The van der Waals surface area contributed by atoms with Crippen molar-refractivity contribution in [2.45, 2.75) is 115 Å². The number of benzene rings is 5. The molecule has 0 amide bonds. The summed E-state index contributed by atoms with van der Waals surface area (Å²) in [7, 11) is -5.44. The number of para-hydroxylation sites is 3. The zero-order valence-electron chi connectivity index (χ0n) is 33.4. The molecule has 0 bridgehead atoms. The van der Waals surface area contributed by atoms with Crippen LogP contribution in [0.15, 0.2) is 125 Å². The summed E-state index contributed by atoms with van der Waals surface area (Å²) in [6.07, 6.45) is 0. The number of hydrogen-bond donors (Lipinski definition) is 0. The summed E-state index contributed by atoms with van der Waals surface area (Å²) < 4.78 is 36.9. The van der Waals surface area contributed by atoms with E-state index < -0.39 is 7.74 Å². The third kappa shape index (κ3) is 8.35. The van der Waals surface area contributed by atoms with Gasteiger partial charge in [0.15, 0.2) is 0 Å². The summed E-state index contributed by atoms with van der Waals surface area (Å²) in [5.74, 6) is 2.61. The van der Waals surface area contributed by atoms with E-state index in [9.17, 15) is 0 Å². The molecule has 5 aromatic carbocycles. The molecule has 0 fully saturated rings. The maximum atomic E-state index is 7.59. The van der Waals surface area contributed by atoms with Gasteiger partial charge >= 0.3 is 323 Å². The van der Waals surface area contributed by atoms with E-state index in [2.05, 4.69) is 107 Å². The molecule has 5 nitrogen and oxygen atoms in total. The van der Waals surface area contributed by atoms with Gasteiger partial charge in [-0.25, -0.2) is 0 Å². The molecule has 0 aliphatic carbocycles. The summed E-state index contributed by atoms with van der Waals surface area (Å²) in [4.78, 5) is 1.86. The monoisotopic (exact) mass is 750 g/mol. The summed E-state index contributed by atoms with van der Waals surface area (Å²) in [6, 6.07) is 37.6. The van der Waals surface area contributed by atoms with Gasteiger partial charge in [-0.1, -0.05) is 0 Å². The molecule has 0 saturated heterocycles. The second-order valence-corrected chi connectivity index (χ2v) is 21.4. The Morgan fingerprint density at radius 2 is 0.717 bits per heavy atom. The molecule has 0 saturated carbocycles. The van der Waals surface area contributed by atoms with Crippen molar-refractivity contribution in [1.82, 2.24) is 0 Å². The molecule has 1 heterocycles. The Morgan fingerprint density at radius 1 is 0.415 bits per heavy atom.